The third kappa shape index (κ3) is 2.64. The molecule has 0 aliphatic carbocycles. The molecule has 0 aliphatic rings. The van der Waals surface area contributed by atoms with Gasteiger partial charge in [0.05, 0.1) is 10.2 Å². The van der Waals surface area contributed by atoms with Crippen LogP contribution in [0.1, 0.15) is 11.1 Å². The maximum Gasteiger partial charge on any atom is 0.155 e. The van der Waals surface area contributed by atoms with E-state index in [1.54, 1.807) is 23.1 Å². The van der Waals surface area contributed by atoms with Crippen molar-refractivity contribution in [3.05, 3.63) is 46.5 Å². The van der Waals surface area contributed by atoms with E-state index in [-0.39, 0.29) is 0 Å². The number of halogens is 1. The minimum Gasteiger partial charge on any atom is -0.399 e. The molecule has 0 amide bonds. The van der Waals surface area contributed by atoms with E-state index in [4.69, 9.17) is 17.3 Å². The van der Waals surface area contributed by atoms with Gasteiger partial charge in [-0.25, -0.2) is 4.98 Å². The monoisotopic (exact) mass is 320 g/mol. The molecule has 0 unspecified atom stereocenters. The van der Waals surface area contributed by atoms with E-state index in [0.717, 1.165) is 25.3 Å². The summed E-state index contributed by atoms with van der Waals surface area (Å²) in [6.45, 7) is 4.16. The Balaban J connectivity index is 2.01. The van der Waals surface area contributed by atoms with Gasteiger partial charge in [0, 0.05) is 15.6 Å². The van der Waals surface area contributed by atoms with Gasteiger partial charge in [0.25, 0.3) is 0 Å². The third-order valence-electron chi connectivity index (χ3n) is 3.00. The van der Waals surface area contributed by atoms with Crippen molar-refractivity contribution in [3.8, 4) is 0 Å². The fourth-order valence-electron chi connectivity index (χ4n) is 2.16. The summed E-state index contributed by atoms with van der Waals surface area (Å²) in [5.74, 6) is 0. The largest absolute Gasteiger partial charge is 0.399 e. The number of anilines is 1. The standard InChI is InChI=1S/C15H13ClN2S2/c1-8-5-11(17)6-9(2)14(8)20-15-18-12-7-10(16)3-4-13(12)19-15/h3-7H,17H2,1-2H3. The van der Waals surface area contributed by atoms with Crippen LogP contribution in [0.4, 0.5) is 5.69 Å². The van der Waals surface area contributed by atoms with Crippen molar-refractivity contribution in [1.82, 2.24) is 4.98 Å². The summed E-state index contributed by atoms with van der Waals surface area (Å²) in [5.41, 5.74) is 9.99. The number of nitrogen functional groups attached to an aromatic ring is 1. The lowest BCUT2D eigenvalue weighted by atomic mass is 10.1. The molecule has 0 spiro atoms. The summed E-state index contributed by atoms with van der Waals surface area (Å²) in [4.78, 5) is 5.87. The Bertz CT molecular complexity index is 773. The summed E-state index contributed by atoms with van der Waals surface area (Å²) >= 11 is 9.37. The molecule has 1 aromatic heterocycles. The molecule has 3 rings (SSSR count). The highest BCUT2D eigenvalue weighted by Crippen LogP contribution is 2.38. The molecule has 0 aliphatic heterocycles. The second kappa shape index (κ2) is 5.28. The number of hydrogen-bond acceptors (Lipinski definition) is 4. The van der Waals surface area contributed by atoms with Crippen molar-refractivity contribution < 1.29 is 0 Å². The zero-order valence-electron chi connectivity index (χ0n) is 11.1. The summed E-state index contributed by atoms with van der Waals surface area (Å²) in [5, 5.41) is 0.721. The molecule has 2 N–H and O–H groups in total. The van der Waals surface area contributed by atoms with E-state index >= 15 is 0 Å². The van der Waals surface area contributed by atoms with Crippen LogP contribution in [0.25, 0.3) is 10.2 Å². The second-order valence-electron chi connectivity index (χ2n) is 4.68. The van der Waals surface area contributed by atoms with E-state index < -0.39 is 0 Å². The summed E-state index contributed by atoms with van der Waals surface area (Å²) in [6.07, 6.45) is 0. The quantitative estimate of drug-likeness (QED) is 0.651. The number of nitrogens with zero attached hydrogens (tertiary/aromatic N) is 1. The number of thiazole rings is 1. The normalized spacial score (nSPS) is 11.2. The van der Waals surface area contributed by atoms with Gasteiger partial charge in [-0.1, -0.05) is 23.4 Å². The maximum atomic E-state index is 6.00. The number of fused-ring (bicyclic) bond motifs is 1. The average Bonchev–Trinajstić information content (AvgIpc) is 2.75. The third-order valence-corrected chi connectivity index (χ3v) is 5.68. The number of aryl methyl sites for hydroxylation is 2. The highest BCUT2D eigenvalue weighted by atomic mass is 35.5. The van der Waals surface area contributed by atoms with Crippen molar-refractivity contribution in [1.29, 1.82) is 0 Å². The lowest BCUT2D eigenvalue weighted by Gasteiger charge is -2.08. The lowest BCUT2D eigenvalue weighted by Crippen LogP contribution is -1.91. The molecule has 2 aromatic carbocycles. The molecule has 0 radical (unpaired) electrons. The molecule has 102 valence electrons. The Kier molecular flexibility index (Phi) is 3.63. The fourth-order valence-corrected chi connectivity index (χ4v) is 4.44. The number of hydrogen-bond donors (Lipinski definition) is 1. The van der Waals surface area contributed by atoms with Gasteiger partial charge in [-0.05, 0) is 55.3 Å². The van der Waals surface area contributed by atoms with Crippen LogP contribution in [-0.2, 0) is 0 Å². The molecule has 0 saturated carbocycles. The van der Waals surface area contributed by atoms with Crippen molar-refractivity contribution in [2.45, 2.75) is 23.1 Å². The van der Waals surface area contributed by atoms with Crippen molar-refractivity contribution in [3.63, 3.8) is 0 Å². The minimum absolute atomic E-state index is 0.721. The molecule has 20 heavy (non-hydrogen) atoms. The molecule has 0 bridgehead atoms. The van der Waals surface area contributed by atoms with Gasteiger partial charge in [0.1, 0.15) is 0 Å². The van der Waals surface area contributed by atoms with Gasteiger partial charge < -0.3 is 5.73 Å². The van der Waals surface area contributed by atoms with Crippen molar-refractivity contribution in [2.24, 2.45) is 0 Å². The zero-order chi connectivity index (χ0) is 14.3. The zero-order valence-corrected chi connectivity index (χ0v) is 13.5. The Morgan fingerprint density at radius 2 is 1.85 bits per heavy atom. The molecular weight excluding hydrogens is 308 g/mol. The number of nitrogens with two attached hydrogens (primary N) is 1. The van der Waals surface area contributed by atoms with Gasteiger partial charge in [-0.2, -0.15) is 0 Å². The van der Waals surface area contributed by atoms with Crippen LogP contribution in [0.15, 0.2) is 39.6 Å². The number of rotatable bonds is 2. The van der Waals surface area contributed by atoms with Gasteiger partial charge in [-0.15, -0.1) is 11.3 Å². The number of aromatic nitrogens is 1. The molecule has 2 nitrogen and oxygen atoms in total. The topological polar surface area (TPSA) is 38.9 Å². The van der Waals surface area contributed by atoms with Crippen LogP contribution < -0.4 is 5.73 Å². The predicted molar refractivity (Wildman–Crippen MR) is 89.1 cm³/mol. The Hall–Kier alpha value is -1.23. The molecule has 0 atom stereocenters. The van der Waals surface area contributed by atoms with E-state index in [9.17, 15) is 0 Å². The fraction of sp³-hybridized carbons (Fsp3) is 0.133. The smallest absolute Gasteiger partial charge is 0.155 e. The van der Waals surface area contributed by atoms with Gasteiger partial charge >= 0.3 is 0 Å². The first-order chi connectivity index (χ1) is 9.52. The lowest BCUT2D eigenvalue weighted by molar-refractivity contribution is 1.21. The summed E-state index contributed by atoms with van der Waals surface area (Å²) < 4.78 is 2.18. The highest BCUT2D eigenvalue weighted by Gasteiger charge is 2.10. The maximum absolute atomic E-state index is 6.00. The average molecular weight is 321 g/mol. The SMILES string of the molecule is Cc1cc(N)cc(C)c1Sc1nc2cc(Cl)ccc2s1. The van der Waals surface area contributed by atoms with Crippen LogP contribution in [0.3, 0.4) is 0 Å². The van der Waals surface area contributed by atoms with Crippen LogP contribution in [0, 0.1) is 13.8 Å². The second-order valence-corrected chi connectivity index (χ2v) is 7.40. The van der Waals surface area contributed by atoms with E-state index in [1.165, 1.54) is 16.0 Å². The Morgan fingerprint density at radius 3 is 2.55 bits per heavy atom. The molecule has 0 fully saturated rings. The Morgan fingerprint density at radius 1 is 1.15 bits per heavy atom. The van der Waals surface area contributed by atoms with Crippen molar-refractivity contribution >= 4 is 50.6 Å². The molecule has 1 heterocycles. The summed E-state index contributed by atoms with van der Waals surface area (Å²) in [7, 11) is 0. The predicted octanol–water partition coefficient (Wildman–Crippen LogP) is 5.30. The Labute approximate surface area is 131 Å². The first kappa shape index (κ1) is 13.7. The minimum atomic E-state index is 0.721. The molecule has 0 saturated heterocycles. The molecule has 3 aromatic rings. The first-order valence-electron chi connectivity index (χ1n) is 6.13. The van der Waals surface area contributed by atoms with Crippen molar-refractivity contribution in [2.75, 3.05) is 5.73 Å². The van der Waals surface area contributed by atoms with Crippen LogP contribution in [0.5, 0.6) is 0 Å². The van der Waals surface area contributed by atoms with E-state index in [2.05, 4.69) is 18.8 Å². The summed E-state index contributed by atoms with van der Waals surface area (Å²) in [6, 6.07) is 9.82. The van der Waals surface area contributed by atoms with Gasteiger partial charge in [0.2, 0.25) is 0 Å². The first-order valence-corrected chi connectivity index (χ1v) is 8.15. The number of benzene rings is 2. The molecular formula is C15H13ClN2S2. The van der Waals surface area contributed by atoms with Crippen LogP contribution in [0.2, 0.25) is 5.02 Å². The van der Waals surface area contributed by atoms with Crippen LogP contribution in [-0.4, -0.2) is 4.98 Å². The van der Waals surface area contributed by atoms with E-state index in [1.807, 2.05) is 30.3 Å². The van der Waals surface area contributed by atoms with E-state index in [0.29, 0.717) is 0 Å². The molecule has 5 heteroatoms. The van der Waals surface area contributed by atoms with Gasteiger partial charge in [-0.3, -0.25) is 0 Å². The van der Waals surface area contributed by atoms with Gasteiger partial charge in [0.15, 0.2) is 4.34 Å². The van der Waals surface area contributed by atoms with Crippen LogP contribution >= 0.6 is 34.7 Å². The highest BCUT2D eigenvalue weighted by molar-refractivity contribution is 8.01.